The zero-order chi connectivity index (χ0) is 17.8. The van der Waals surface area contributed by atoms with Crippen molar-refractivity contribution in [2.75, 3.05) is 6.61 Å². The van der Waals surface area contributed by atoms with Crippen LogP contribution in [0.25, 0.3) is 0 Å². The van der Waals surface area contributed by atoms with E-state index in [0.717, 1.165) is 57.8 Å². The minimum Gasteiger partial charge on any atom is -0.371 e. The highest BCUT2D eigenvalue weighted by Crippen LogP contribution is 2.50. The topological polar surface area (TPSA) is 90.2 Å². The summed E-state index contributed by atoms with van der Waals surface area (Å²) in [6, 6.07) is 2.04. The third kappa shape index (κ3) is 2.55. The molecule has 0 bridgehead atoms. The van der Waals surface area contributed by atoms with Gasteiger partial charge in [0.15, 0.2) is 24.0 Å². The van der Waals surface area contributed by atoms with Crippen molar-refractivity contribution >= 4 is 0 Å². The van der Waals surface area contributed by atoms with E-state index in [1.54, 1.807) is 0 Å². The van der Waals surface area contributed by atoms with E-state index in [1.165, 1.54) is 6.42 Å². The Morgan fingerprint density at radius 1 is 0.808 bits per heavy atom. The number of aliphatic hydroxyl groups is 1. The largest absolute Gasteiger partial charge is 0.371 e. The summed E-state index contributed by atoms with van der Waals surface area (Å²) in [6.45, 7) is 0.319. The molecule has 7 heteroatoms. The van der Waals surface area contributed by atoms with E-state index in [4.69, 9.17) is 23.7 Å². The summed E-state index contributed by atoms with van der Waals surface area (Å²) in [6.07, 6.45) is 6.95. The van der Waals surface area contributed by atoms with Crippen LogP contribution >= 0.6 is 0 Å². The van der Waals surface area contributed by atoms with Crippen molar-refractivity contribution in [1.29, 1.82) is 5.26 Å². The van der Waals surface area contributed by atoms with Crippen LogP contribution in [0.2, 0.25) is 0 Å². The highest BCUT2D eigenvalue weighted by molar-refractivity contribution is 5.20. The molecule has 5 atom stereocenters. The molecule has 7 nitrogen and oxygen atoms in total. The fraction of sp³-hybridized carbons (Fsp3) is 0.947. The Labute approximate surface area is 153 Å². The Kier molecular flexibility index (Phi) is 4.09. The van der Waals surface area contributed by atoms with Gasteiger partial charge in [-0.05, 0) is 25.7 Å². The van der Waals surface area contributed by atoms with Crippen LogP contribution in [-0.2, 0) is 23.7 Å². The molecule has 2 saturated carbocycles. The van der Waals surface area contributed by atoms with Crippen LogP contribution in [0.1, 0.15) is 64.2 Å². The average molecular weight is 365 g/mol. The summed E-state index contributed by atoms with van der Waals surface area (Å²) < 4.78 is 30.4. The van der Waals surface area contributed by atoms with Gasteiger partial charge in [-0.25, -0.2) is 0 Å². The predicted octanol–water partition coefficient (Wildman–Crippen LogP) is 2.12. The predicted molar refractivity (Wildman–Crippen MR) is 87.6 cm³/mol. The molecular weight excluding hydrogens is 338 g/mol. The van der Waals surface area contributed by atoms with E-state index in [1.807, 2.05) is 6.07 Å². The second kappa shape index (κ2) is 6.13. The van der Waals surface area contributed by atoms with Gasteiger partial charge in [-0.3, -0.25) is 0 Å². The molecule has 0 amide bonds. The zero-order valence-corrected chi connectivity index (χ0v) is 15.0. The monoisotopic (exact) mass is 365 g/mol. The third-order valence-electron chi connectivity index (χ3n) is 6.69. The van der Waals surface area contributed by atoms with Crippen LogP contribution in [0.15, 0.2) is 0 Å². The fourth-order valence-corrected chi connectivity index (χ4v) is 5.30. The van der Waals surface area contributed by atoms with E-state index in [0.29, 0.717) is 6.61 Å². The molecule has 1 N–H and O–H groups in total. The van der Waals surface area contributed by atoms with Crippen LogP contribution in [0, 0.1) is 11.3 Å². The highest BCUT2D eigenvalue weighted by atomic mass is 16.8. The standard InChI is InChI=1S/C19H27NO6/c20-12-19(21)14(13-11-22-17(24-13)7-3-1-4-8-17)23-16-15(19)25-18(26-16)9-5-2-6-10-18/h13-16,21H,1-11H2/t13-,14+,15-,16-,19+/m0/s1. The van der Waals surface area contributed by atoms with Gasteiger partial charge in [0.2, 0.25) is 5.60 Å². The van der Waals surface area contributed by atoms with Gasteiger partial charge in [0.25, 0.3) is 0 Å². The lowest BCUT2D eigenvalue weighted by atomic mass is 9.90. The molecule has 2 spiro atoms. The average Bonchev–Trinajstić information content (AvgIpc) is 3.29. The van der Waals surface area contributed by atoms with Crippen LogP contribution in [0.4, 0.5) is 0 Å². The molecule has 5 aliphatic rings. The Morgan fingerprint density at radius 3 is 2.12 bits per heavy atom. The lowest BCUT2D eigenvalue weighted by molar-refractivity contribution is -0.266. The van der Waals surface area contributed by atoms with Crippen LogP contribution in [0.3, 0.4) is 0 Å². The van der Waals surface area contributed by atoms with Crippen molar-refractivity contribution in [1.82, 2.24) is 0 Å². The van der Waals surface area contributed by atoms with Gasteiger partial charge < -0.3 is 28.8 Å². The zero-order valence-electron chi connectivity index (χ0n) is 15.0. The maximum absolute atomic E-state index is 11.2. The fourth-order valence-electron chi connectivity index (χ4n) is 5.30. The van der Waals surface area contributed by atoms with Crippen molar-refractivity contribution in [2.24, 2.45) is 0 Å². The normalized spacial score (nSPS) is 46.5. The summed E-state index contributed by atoms with van der Waals surface area (Å²) >= 11 is 0. The van der Waals surface area contributed by atoms with E-state index < -0.39 is 41.8 Å². The van der Waals surface area contributed by atoms with Crippen LogP contribution in [0.5, 0.6) is 0 Å². The number of nitrogens with zero attached hydrogens (tertiary/aromatic N) is 1. The molecule has 0 unspecified atom stereocenters. The first-order valence-electron chi connectivity index (χ1n) is 10.0. The highest BCUT2D eigenvalue weighted by Gasteiger charge is 2.68. The molecule has 5 rings (SSSR count). The number of nitriles is 1. The van der Waals surface area contributed by atoms with Crippen LogP contribution in [-0.4, -0.2) is 53.5 Å². The molecule has 3 aliphatic heterocycles. The summed E-state index contributed by atoms with van der Waals surface area (Å²) in [7, 11) is 0. The van der Waals surface area contributed by atoms with E-state index in [2.05, 4.69) is 0 Å². The molecule has 0 aromatic rings. The molecule has 0 aromatic heterocycles. The molecule has 3 heterocycles. The molecule has 0 aromatic carbocycles. The smallest absolute Gasteiger partial charge is 0.211 e. The SMILES string of the molecule is N#C[C@@]1(O)[C@@H]([C@@H]2COC3(CCCCC3)O2)O[C@H]2OC3(CCCCC3)O[C@@H]21. The second-order valence-electron chi connectivity index (χ2n) is 8.43. The second-order valence-corrected chi connectivity index (χ2v) is 8.43. The van der Waals surface area contributed by atoms with Gasteiger partial charge in [-0.15, -0.1) is 0 Å². The minimum absolute atomic E-state index is 0.319. The van der Waals surface area contributed by atoms with E-state index >= 15 is 0 Å². The van der Waals surface area contributed by atoms with Gasteiger partial charge in [0, 0.05) is 25.7 Å². The summed E-state index contributed by atoms with van der Waals surface area (Å²) in [4.78, 5) is 0. The maximum atomic E-state index is 11.2. The quantitative estimate of drug-likeness (QED) is 0.712. The number of fused-ring (bicyclic) bond motifs is 1. The molecule has 2 aliphatic carbocycles. The first-order valence-corrected chi connectivity index (χ1v) is 10.0. The van der Waals surface area contributed by atoms with Gasteiger partial charge in [0.1, 0.15) is 18.3 Å². The summed E-state index contributed by atoms with van der Waals surface area (Å²) in [5.41, 5.74) is -1.79. The van der Waals surface area contributed by atoms with Gasteiger partial charge in [-0.2, -0.15) is 5.26 Å². The minimum atomic E-state index is -1.79. The molecule has 0 radical (unpaired) electrons. The van der Waals surface area contributed by atoms with Gasteiger partial charge in [0.05, 0.1) is 6.61 Å². The Morgan fingerprint density at radius 2 is 1.46 bits per heavy atom. The number of ether oxygens (including phenoxy) is 5. The summed E-state index contributed by atoms with van der Waals surface area (Å²) in [5.74, 6) is -1.28. The van der Waals surface area contributed by atoms with Crippen molar-refractivity contribution < 1.29 is 28.8 Å². The van der Waals surface area contributed by atoms with Crippen molar-refractivity contribution in [3.8, 4) is 6.07 Å². The van der Waals surface area contributed by atoms with Gasteiger partial charge in [-0.1, -0.05) is 12.8 Å². The first-order chi connectivity index (χ1) is 12.6. The first kappa shape index (κ1) is 17.4. The third-order valence-corrected chi connectivity index (χ3v) is 6.69. The number of rotatable bonds is 1. The van der Waals surface area contributed by atoms with Crippen molar-refractivity contribution in [3.05, 3.63) is 0 Å². The Bertz CT molecular complexity index is 593. The lowest BCUT2D eigenvalue weighted by Gasteiger charge is -2.36. The Hall–Kier alpha value is -0.750. The van der Waals surface area contributed by atoms with Crippen LogP contribution < -0.4 is 0 Å². The van der Waals surface area contributed by atoms with Crippen molar-refractivity contribution in [2.45, 2.75) is 106 Å². The molecule has 5 fully saturated rings. The van der Waals surface area contributed by atoms with Crippen molar-refractivity contribution in [3.63, 3.8) is 0 Å². The molecule has 144 valence electrons. The van der Waals surface area contributed by atoms with E-state index in [9.17, 15) is 10.4 Å². The molecule has 26 heavy (non-hydrogen) atoms. The summed E-state index contributed by atoms with van der Waals surface area (Å²) in [5, 5.41) is 20.9. The molecule has 3 saturated heterocycles. The number of hydrogen-bond donors (Lipinski definition) is 1. The van der Waals surface area contributed by atoms with E-state index in [-0.39, 0.29) is 0 Å². The van der Waals surface area contributed by atoms with Gasteiger partial charge >= 0.3 is 0 Å². The molecular formula is C19H27NO6. The lowest BCUT2D eigenvalue weighted by Crippen LogP contribution is -2.53. The maximum Gasteiger partial charge on any atom is 0.211 e. The number of hydrogen-bond acceptors (Lipinski definition) is 7. The Balaban J connectivity index is 1.33.